The van der Waals surface area contributed by atoms with E-state index in [1.54, 1.807) is 14.0 Å². The van der Waals surface area contributed by atoms with E-state index in [2.05, 4.69) is 82.6 Å². The monoisotopic (exact) mass is 634 g/mol. The summed E-state index contributed by atoms with van der Waals surface area (Å²) in [6.45, 7) is 3.85. The van der Waals surface area contributed by atoms with E-state index in [1.165, 1.54) is 22.3 Å². The summed E-state index contributed by atoms with van der Waals surface area (Å²) in [7, 11) is 1.73. The Kier molecular flexibility index (Phi) is 9.40. The lowest BCUT2D eigenvalue weighted by molar-refractivity contribution is -0.143. The normalized spacial score (nSPS) is 25.5. The van der Waals surface area contributed by atoms with E-state index in [-0.39, 0.29) is 29.3 Å². The molecule has 5 atom stereocenters. The number of benzene rings is 3. The van der Waals surface area contributed by atoms with Crippen LogP contribution in [0.1, 0.15) is 80.5 Å². The highest BCUT2D eigenvalue weighted by Crippen LogP contribution is 2.64. The second kappa shape index (κ2) is 13.8. The number of amides is 1. The molecule has 2 aliphatic carbocycles. The summed E-state index contributed by atoms with van der Waals surface area (Å²) in [6.07, 6.45) is 10.3. The van der Waals surface area contributed by atoms with Crippen molar-refractivity contribution in [3.63, 3.8) is 0 Å². The van der Waals surface area contributed by atoms with Gasteiger partial charge in [0.15, 0.2) is 11.5 Å². The first kappa shape index (κ1) is 31.9. The first-order valence-corrected chi connectivity index (χ1v) is 18.0. The second-order valence-electron chi connectivity index (χ2n) is 14.4. The summed E-state index contributed by atoms with van der Waals surface area (Å²) in [6, 6.07) is 25.9. The zero-order valence-corrected chi connectivity index (χ0v) is 28.2. The molecule has 1 saturated heterocycles. The van der Waals surface area contributed by atoms with Gasteiger partial charge in [0.25, 0.3) is 0 Å². The number of aryl methyl sites for hydroxylation is 2. The van der Waals surface area contributed by atoms with Gasteiger partial charge < -0.3 is 14.4 Å². The Bertz CT molecular complexity index is 1560. The summed E-state index contributed by atoms with van der Waals surface area (Å²) >= 11 is 0. The predicted octanol–water partition coefficient (Wildman–Crippen LogP) is 6.96. The minimum Gasteiger partial charge on any atom is -0.493 e. The number of methoxy groups -OCH3 is 1. The Hall–Kier alpha value is -3.64. The highest BCUT2D eigenvalue weighted by Gasteiger charge is 2.66. The van der Waals surface area contributed by atoms with Gasteiger partial charge in [-0.05, 0) is 99.9 Å². The van der Waals surface area contributed by atoms with Crippen LogP contribution in [0.4, 0.5) is 0 Å². The van der Waals surface area contributed by atoms with E-state index in [0.29, 0.717) is 24.9 Å². The lowest BCUT2D eigenvalue weighted by Gasteiger charge is -2.60. The molecular formula is C41H50N2O4. The van der Waals surface area contributed by atoms with Crippen molar-refractivity contribution in [3.8, 4) is 11.5 Å². The van der Waals surface area contributed by atoms with Gasteiger partial charge in [-0.25, -0.2) is 0 Å². The molecule has 3 aromatic carbocycles. The van der Waals surface area contributed by atoms with Crippen molar-refractivity contribution in [1.29, 1.82) is 0 Å². The Morgan fingerprint density at radius 2 is 1.64 bits per heavy atom. The van der Waals surface area contributed by atoms with Crippen molar-refractivity contribution in [2.45, 2.75) is 101 Å². The summed E-state index contributed by atoms with van der Waals surface area (Å²) < 4.78 is 13.0. The average molecular weight is 635 g/mol. The molecule has 0 N–H and O–H groups in total. The number of Topliss-reactive ketones (excluding diaryl/α,β-unsaturated/α-hetero) is 1. The molecule has 7 rings (SSSR count). The zero-order valence-electron chi connectivity index (χ0n) is 28.2. The smallest absolute Gasteiger partial charge is 0.222 e. The molecule has 1 amide bonds. The Morgan fingerprint density at radius 1 is 0.915 bits per heavy atom. The van der Waals surface area contributed by atoms with E-state index in [4.69, 9.17) is 9.47 Å². The molecule has 2 bridgehead atoms. The summed E-state index contributed by atoms with van der Waals surface area (Å²) in [5.41, 5.74) is 5.19. The van der Waals surface area contributed by atoms with Crippen LogP contribution in [-0.4, -0.2) is 66.4 Å². The molecular weight excluding hydrogens is 584 g/mol. The molecule has 6 heteroatoms. The number of hydrogen-bond donors (Lipinski definition) is 0. The maximum Gasteiger partial charge on any atom is 0.222 e. The fourth-order valence-electron chi connectivity index (χ4n) is 9.69. The molecule has 2 aliphatic heterocycles. The van der Waals surface area contributed by atoms with E-state index < -0.39 is 0 Å². The van der Waals surface area contributed by atoms with Crippen LogP contribution in [0.15, 0.2) is 72.8 Å². The van der Waals surface area contributed by atoms with Crippen molar-refractivity contribution in [3.05, 3.63) is 95.1 Å². The van der Waals surface area contributed by atoms with E-state index in [9.17, 15) is 9.59 Å². The third-order valence-electron chi connectivity index (χ3n) is 11.7. The predicted molar refractivity (Wildman–Crippen MR) is 185 cm³/mol. The number of piperidine rings is 1. The van der Waals surface area contributed by atoms with Gasteiger partial charge >= 0.3 is 0 Å². The molecule has 0 radical (unpaired) electrons. The number of likely N-dealkylation sites (tertiary alicyclic amines) is 1. The summed E-state index contributed by atoms with van der Waals surface area (Å²) in [5.74, 6) is 2.61. The van der Waals surface area contributed by atoms with E-state index in [0.717, 1.165) is 88.8 Å². The lowest BCUT2D eigenvalue weighted by atomic mass is 9.51. The fourth-order valence-corrected chi connectivity index (χ4v) is 9.69. The minimum absolute atomic E-state index is 0.0157. The van der Waals surface area contributed by atoms with Gasteiger partial charge in [-0.1, -0.05) is 73.2 Å². The number of ketones is 1. The van der Waals surface area contributed by atoms with Crippen LogP contribution in [0.3, 0.4) is 0 Å². The van der Waals surface area contributed by atoms with Gasteiger partial charge in [0.05, 0.1) is 19.7 Å². The third-order valence-corrected chi connectivity index (χ3v) is 11.7. The van der Waals surface area contributed by atoms with Crippen LogP contribution < -0.4 is 9.47 Å². The number of rotatable bonds is 14. The van der Waals surface area contributed by atoms with Crippen molar-refractivity contribution in [1.82, 2.24) is 9.80 Å². The molecule has 47 heavy (non-hydrogen) atoms. The van der Waals surface area contributed by atoms with Crippen molar-refractivity contribution >= 4 is 11.7 Å². The number of carbonyl (C=O) groups is 2. The standard InChI is InChI=1S/C41H50N2O4/c1-29(44)28-42-26-24-41-33-21-22-34(40(41)47-39-36(46-2)23-20-32(38(39)41)27-35(33)42)43(25-12-18-31-16-8-4-9-17-31)37(45)19-11-5-10-15-30-13-6-3-7-14-30/h3-4,6-9,13-14,16-17,20,23,33-35,40H,5,10-12,15,18-19,21-22,24-28H2,1-2H3/t33-,34-,35+,40-,41-/m0/s1. The number of nitrogens with zero attached hydrogens (tertiary/aromatic N) is 2. The van der Waals surface area contributed by atoms with Crippen molar-refractivity contribution in [2.75, 3.05) is 26.7 Å². The maximum absolute atomic E-state index is 14.3. The fraction of sp³-hybridized carbons (Fsp3) is 0.512. The largest absolute Gasteiger partial charge is 0.493 e. The third kappa shape index (κ3) is 6.10. The highest BCUT2D eigenvalue weighted by molar-refractivity contribution is 5.78. The average Bonchev–Trinajstić information content (AvgIpc) is 3.44. The molecule has 0 aromatic heterocycles. The van der Waals surface area contributed by atoms with E-state index in [1.807, 2.05) is 0 Å². The molecule has 3 aromatic rings. The maximum atomic E-state index is 14.3. The van der Waals surface area contributed by atoms with Gasteiger partial charge in [0.2, 0.25) is 5.91 Å². The lowest BCUT2D eigenvalue weighted by Crippen LogP contribution is -2.69. The van der Waals surface area contributed by atoms with Crippen LogP contribution in [0.2, 0.25) is 0 Å². The molecule has 2 fully saturated rings. The Labute approximate surface area is 280 Å². The van der Waals surface area contributed by atoms with Crippen LogP contribution >= 0.6 is 0 Å². The molecule has 6 nitrogen and oxygen atoms in total. The number of hydrogen-bond acceptors (Lipinski definition) is 5. The van der Waals surface area contributed by atoms with E-state index >= 15 is 0 Å². The van der Waals surface area contributed by atoms with Gasteiger partial charge in [0.1, 0.15) is 11.9 Å². The quantitative estimate of drug-likeness (QED) is 0.180. The molecule has 248 valence electrons. The van der Waals surface area contributed by atoms with Gasteiger partial charge in [0, 0.05) is 30.0 Å². The summed E-state index contributed by atoms with van der Waals surface area (Å²) in [5, 5.41) is 0. The Balaban J connectivity index is 1.14. The Morgan fingerprint density at radius 3 is 2.34 bits per heavy atom. The van der Waals surface area contributed by atoms with Crippen LogP contribution in [0.5, 0.6) is 11.5 Å². The van der Waals surface area contributed by atoms with Crippen LogP contribution in [-0.2, 0) is 34.3 Å². The minimum atomic E-state index is -0.161. The van der Waals surface area contributed by atoms with Crippen molar-refractivity contribution in [2.24, 2.45) is 5.92 Å². The topological polar surface area (TPSA) is 59.1 Å². The van der Waals surface area contributed by atoms with Gasteiger partial charge in [-0.3, -0.25) is 14.5 Å². The molecule has 0 unspecified atom stereocenters. The van der Waals surface area contributed by atoms with Crippen LogP contribution in [0, 0.1) is 5.92 Å². The molecule has 4 aliphatic rings. The van der Waals surface area contributed by atoms with Crippen LogP contribution in [0.25, 0.3) is 0 Å². The SMILES string of the molecule is COc1ccc2c3c1O[C@H]1[C@@H](N(CCCc4ccccc4)C(=O)CCCCCc4ccccc4)CC[C@H]4[C@@H](C2)N(CC(C)=O)CC[C@@]341. The highest BCUT2D eigenvalue weighted by atomic mass is 16.5. The number of ether oxygens (including phenoxy) is 2. The first-order valence-electron chi connectivity index (χ1n) is 18.0. The number of carbonyl (C=O) groups excluding carboxylic acids is 2. The summed E-state index contributed by atoms with van der Waals surface area (Å²) in [4.78, 5) is 31.3. The molecule has 1 spiro atoms. The second-order valence-corrected chi connectivity index (χ2v) is 14.4. The zero-order chi connectivity index (χ0) is 32.4. The number of unbranched alkanes of at least 4 members (excludes halogenated alkanes) is 2. The molecule has 2 heterocycles. The van der Waals surface area contributed by atoms with Gasteiger partial charge in [-0.2, -0.15) is 0 Å². The van der Waals surface area contributed by atoms with Crippen molar-refractivity contribution < 1.29 is 19.1 Å². The molecule has 1 saturated carbocycles. The van der Waals surface area contributed by atoms with Gasteiger partial charge in [-0.15, -0.1) is 0 Å². The first-order chi connectivity index (χ1) is 23.0.